The van der Waals surface area contributed by atoms with Crippen molar-refractivity contribution in [2.45, 2.75) is 25.8 Å². The van der Waals surface area contributed by atoms with E-state index in [2.05, 4.69) is 4.74 Å². The van der Waals surface area contributed by atoms with E-state index in [0.717, 1.165) is 12.1 Å². The Hall–Kier alpha value is -3.95. The van der Waals surface area contributed by atoms with Crippen molar-refractivity contribution in [3.05, 3.63) is 71.5 Å². The number of carboxylic acid groups (broad SMARTS) is 1. The minimum absolute atomic E-state index is 0.0101. The minimum Gasteiger partial charge on any atom is -0.497 e. The molecule has 0 radical (unpaired) electrons. The molecule has 0 saturated heterocycles. The van der Waals surface area contributed by atoms with Gasteiger partial charge in [-0.15, -0.1) is 13.2 Å². The largest absolute Gasteiger partial charge is 0.573 e. The number of halogens is 4. The molecule has 3 aromatic carbocycles. The van der Waals surface area contributed by atoms with E-state index in [4.69, 9.17) is 19.3 Å². The van der Waals surface area contributed by atoms with Crippen LogP contribution in [0.2, 0.25) is 0 Å². The number of ether oxygens (including phenoxy) is 4. The van der Waals surface area contributed by atoms with Crippen molar-refractivity contribution in [3.63, 3.8) is 0 Å². The van der Waals surface area contributed by atoms with E-state index >= 15 is 0 Å². The van der Waals surface area contributed by atoms with Gasteiger partial charge in [0.25, 0.3) is 0 Å². The molecule has 4 rings (SSSR count). The van der Waals surface area contributed by atoms with Crippen LogP contribution in [0, 0.1) is 11.7 Å². The SMILES string of the molecule is COc1ccc(F)c(-c2ccc(C3COc4ccc(C[C@H](C)C(=O)O)cc4O3)cc2OC(F)(F)F)c1. The second-order valence-corrected chi connectivity index (χ2v) is 8.29. The summed E-state index contributed by atoms with van der Waals surface area (Å²) < 4.78 is 75.2. The summed E-state index contributed by atoms with van der Waals surface area (Å²) in [6.45, 7) is 1.59. The van der Waals surface area contributed by atoms with Crippen LogP contribution >= 0.6 is 0 Å². The smallest absolute Gasteiger partial charge is 0.497 e. The molecule has 0 aromatic heterocycles. The van der Waals surface area contributed by atoms with Gasteiger partial charge in [-0.1, -0.05) is 25.1 Å². The highest BCUT2D eigenvalue weighted by Gasteiger charge is 2.34. The maximum absolute atomic E-state index is 14.5. The fourth-order valence-corrected chi connectivity index (χ4v) is 3.86. The summed E-state index contributed by atoms with van der Waals surface area (Å²) in [4.78, 5) is 11.2. The van der Waals surface area contributed by atoms with Crippen LogP contribution in [0.5, 0.6) is 23.0 Å². The number of benzene rings is 3. The van der Waals surface area contributed by atoms with Gasteiger partial charge in [-0.05, 0) is 53.9 Å². The summed E-state index contributed by atoms with van der Waals surface area (Å²) in [5.74, 6) is -1.87. The zero-order valence-electron chi connectivity index (χ0n) is 19.3. The molecule has 36 heavy (non-hydrogen) atoms. The lowest BCUT2D eigenvalue weighted by molar-refractivity contribution is -0.274. The molecule has 3 aromatic rings. The van der Waals surface area contributed by atoms with Crippen LogP contribution in [0.4, 0.5) is 17.6 Å². The Balaban J connectivity index is 1.67. The van der Waals surface area contributed by atoms with E-state index in [1.165, 1.54) is 31.4 Å². The normalized spacial score (nSPS) is 15.8. The van der Waals surface area contributed by atoms with Crippen molar-refractivity contribution in [1.29, 1.82) is 0 Å². The Labute approximate surface area is 204 Å². The first-order valence-electron chi connectivity index (χ1n) is 10.9. The second-order valence-electron chi connectivity index (χ2n) is 8.29. The molecule has 0 amide bonds. The highest BCUT2D eigenvalue weighted by molar-refractivity contribution is 5.73. The van der Waals surface area contributed by atoms with E-state index in [0.29, 0.717) is 22.6 Å². The number of hydrogen-bond donors (Lipinski definition) is 1. The fourth-order valence-electron chi connectivity index (χ4n) is 3.86. The number of fused-ring (bicyclic) bond motifs is 1. The topological polar surface area (TPSA) is 74.2 Å². The van der Waals surface area contributed by atoms with Gasteiger partial charge >= 0.3 is 12.3 Å². The number of rotatable bonds is 7. The van der Waals surface area contributed by atoms with Gasteiger partial charge in [0.2, 0.25) is 0 Å². The molecular weight excluding hydrogens is 484 g/mol. The van der Waals surface area contributed by atoms with Crippen LogP contribution in [-0.4, -0.2) is 31.2 Å². The monoisotopic (exact) mass is 506 g/mol. The Morgan fingerprint density at radius 1 is 1.08 bits per heavy atom. The average Bonchev–Trinajstić information content (AvgIpc) is 2.83. The van der Waals surface area contributed by atoms with Crippen molar-refractivity contribution in [2.24, 2.45) is 5.92 Å². The third kappa shape index (κ3) is 5.64. The quantitative estimate of drug-likeness (QED) is 0.386. The lowest BCUT2D eigenvalue weighted by Gasteiger charge is -2.28. The molecule has 0 aliphatic carbocycles. The molecule has 1 N–H and O–H groups in total. The minimum atomic E-state index is -5.02. The molecule has 10 heteroatoms. The van der Waals surface area contributed by atoms with Crippen molar-refractivity contribution in [2.75, 3.05) is 13.7 Å². The van der Waals surface area contributed by atoms with E-state index in [1.54, 1.807) is 25.1 Å². The van der Waals surface area contributed by atoms with Gasteiger partial charge in [0.05, 0.1) is 13.0 Å². The molecule has 1 aliphatic heterocycles. The molecular formula is C26H22F4O6. The second kappa shape index (κ2) is 9.96. The van der Waals surface area contributed by atoms with Crippen LogP contribution in [0.15, 0.2) is 54.6 Å². The van der Waals surface area contributed by atoms with Gasteiger partial charge in [0.15, 0.2) is 17.6 Å². The summed E-state index contributed by atoms with van der Waals surface area (Å²) in [6.07, 6.45) is -5.54. The predicted molar refractivity (Wildman–Crippen MR) is 121 cm³/mol. The van der Waals surface area contributed by atoms with Gasteiger partial charge in [-0.25, -0.2) is 4.39 Å². The van der Waals surface area contributed by atoms with E-state index in [-0.39, 0.29) is 29.9 Å². The van der Waals surface area contributed by atoms with Crippen LogP contribution < -0.4 is 18.9 Å². The molecule has 1 unspecified atom stereocenters. The molecule has 2 atom stereocenters. The summed E-state index contributed by atoms with van der Waals surface area (Å²) in [6, 6.07) is 12.7. The predicted octanol–water partition coefficient (Wildman–Crippen LogP) is 6.18. The van der Waals surface area contributed by atoms with Gasteiger partial charge in [-0.2, -0.15) is 0 Å². The summed E-state index contributed by atoms with van der Waals surface area (Å²) in [5, 5.41) is 9.15. The highest BCUT2D eigenvalue weighted by Crippen LogP contribution is 2.42. The third-order valence-corrected chi connectivity index (χ3v) is 5.70. The highest BCUT2D eigenvalue weighted by atomic mass is 19.4. The lowest BCUT2D eigenvalue weighted by Crippen LogP contribution is -2.23. The molecule has 0 saturated carbocycles. The van der Waals surface area contributed by atoms with Crippen LogP contribution in [0.25, 0.3) is 11.1 Å². The van der Waals surface area contributed by atoms with Crippen molar-refractivity contribution in [1.82, 2.24) is 0 Å². The number of carboxylic acids is 1. The van der Waals surface area contributed by atoms with Crippen LogP contribution in [0.3, 0.4) is 0 Å². The van der Waals surface area contributed by atoms with E-state index in [1.807, 2.05) is 0 Å². The van der Waals surface area contributed by atoms with E-state index < -0.39 is 35.9 Å². The molecule has 1 aliphatic rings. The maximum atomic E-state index is 14.5. The molecule has 1 heterocycles. The standard InChI is InChI=1S/C26H22F4O6/c1-14(25(31)32)9-15-3-8-21-23(10-15)35-24(13-34-21)16-4-6-18(22(11-16)36-26(28,29)30)19-12-17(33-2)5-7-20(19)27/h3-8,10-12,14,24H,9,13H2,1-2H3,(H,31,32)/t14-,24?/m0/s1. The first kappa shape index (κ1) is 25.2. The molecule has 0 fully saturated rings. The Kier molecular flexibility index (Phi) is 6.96. The molecule has 0 bridgehead atoms. The first-order chi connectivity index (χ1) is 17.0. The zero-order valence-corrected chi connectivity index (χ0v) is 19.3. The summed E-state index contributed by atoms with van der Waals surface area (Å²) >= 11 is 0. The van der Waals surface area contributed by atoms with Crippen molar-refractivity contribution >= 4 is 5.97 Å². The summed E-state index contributed by atoms with van der Waals surface area (Å²) in [7, 11) is 1.36. The fraction of sp³-hybridized carbons (Fsp3) is 0.269. The number of methoxy groups -OCH3 is 1. The van der Waals surface area contributed by atoms with Gasteiger partial charge < -0.3 is 24.1 Å². The van der Waals surface area contributed by atoms with Gasteiger partial charge in [0.1, 0.15) is 23.9 Å². The number of alkyl halides is 3. The van der Waals surface area contributed by atoms with Crippen molar-refractivity contribution < 1.29 is 46.4 Å². The van der Waals surface area contributed by atoms with E-state index in [9.17, 15) is 22.4 Å². The number of aliphatic carboxylic acids is 1. The first-order valence-corrected chi connectivity index (χ1v) is 10.9. The van der Waals surface area contributed by atoms with Gasteiger partial charge in [-0.3, -0.25) is 4.79 Å². The number of carbonyl (C=O) groups is 1. The average molecular weight is 506 g/mol. The van der Waals surface area contributed by atoms with Crippen LogP contribution in [-0.2, 0) is 11.2 Å². The molecule has 0 spiro atoms. The Morgan fingerprint density at radius 2 is 1.86 bits per heavy atom. The number of hydrogen-bond acceptors (Lipinski definition) is 5. The zero-order chi connectivity index (χ0) is 26.0. The Bertz CT molecular complexity index is 1270. The summed E-state index contributed by atoms with van der Waals surface area (Å²) in [5.41, 5.74) is 0.784. The lowest BCUT2D eigenvalue weighted by atomic mass is 9.99. The Morgan fingerprint density at radius 3 is 2.56 bits per heavy atom. The molecule has 6 nitrogen and oxygen atoms in total. The van der Waals surface area contributed by atoms with Crippen LogP contribution in [0.1, 0.15) is 24.2 Å². The van der Waals surface area contributed by atoms with Gasteiger partial charge in [0, 0.05) is 11.1 Å². The maximum Gasteiger partial charge on any atom is 0.573 e. The molecule has 190 valence electrons. The third-order valence-electron chi connectivity index (χ3n) is 5.70. The van der Waals surface area contributed by atoms with Crippen molar-refractivity contribution in [3.8, 4) is 34.1 Å².